The van der Waals surface area contributed by atoms with Gasteiger partial charge in [0.25, 0.3) is 0 Å². The van der Waals surface area contributed by atoms with Crippen LogP contribution < -0.4 is 0 Å². The molecule has 0 aliphatic carbocycles. The van der Waals surface area contributed by atoms with Crippen molar-refractivity contribution in [3.8, 4) is 0 Å². The molecule has 1 aliphatic rings. The van der Waals surface area contributed by atoms with Crippen LogP contribution in [0.15, 0.2) is 46.6 Å². The summed E-state index contributed by atoms with van der Waals surface area (Å²) < 4.78 is 49.8. The Morgan fingerprint density at radius 2 is 1.81 bits per heavy atom. The van der Waals surface area contributed by atoms with Crippen LogP contribution in [0.5, 0.6) is 0 Å². The minimum Gasteiger partial charge on any atom is -0.265 e. The second-order valence-corrected chi connectivity index (χ2v) is 8.94. The summed E-state index contributed by atoms with van der Waals surface area (Å²) in [5.74, 6) is -0.467. The molecule has 6 nitrogen and oxygen atoms in total. The first kappa shape index (κ1) is 14.2. The summed E-state index contributed by atoms with van der Waals surface area (Å²) >= 11 is 0. The third-order valence-corrected chi connectivity index (χ3v) is 7.67. The Labute approximate surface area is 122 Å². The molecule has 1 atom stereocenters. The van der Waals surface area contributed by atoms with Gasteiger partial charge in [0.2, 0.25) is 0 Å². The van der Waals surface area contributed by atoms with Gasteiger partial charge < -0.3 is 0 Å². The molecule has 0 aromatic carbocycles. The molecule has 1 unspecified atom stereocenters. The van der Waals surface area contributed by atoms with Crippen molar-refractivity contribution < 1.29 is 16.8 Å². The number of hydrogen-bond donors (Lipinski definition) is 0. The molecule has 0 bridgehead atoms. The van der Waals surface area contributed by atoms with Gasteiger partial charge in [-0.3, -0.25) is 9.97 Å². The highest BCUT2D eigenvalue weighted by Gasteiger charge is 2.45. The third-order valence-electron chi connectivity index (χ3n) is 3.47. The molecule has 1 aliphatic heterocycles. The van der Waals surface area contributed by atoms with E-state index >= 15 is 0 Å². The van der Waals surface area contributed by atoms with E-state index in [1.165, 1.54) is 30.7 Å². The SMILES string of the molecule is Cc1ccnc2c1S(=O)(=O)CC2S(=O)(=O)c1ccncc1. The maximum atomic E-state index is 12.7. The molecule has 0 N–H and O–H groups in total. The minimum absolute atomic E-state index is 0.0487. The van der Waals surface area contributed by atoms with Crippen LogP contribution >= 0.6 is 0 Å². The first-order valence-corrected chi connectivity index (χ1v) is 9.36. The molecule has 0 saturated carbocycles. The zero-order valence-electron chi connectivity index (χ0n) is 11.1. The van der Waals surface area contributed by atoms with E-state index in [0.29, 0.717) is 5.56 Å². The summed E-state index contributed by atoms with van der Waals surface area (Å²) in [5, 5.41) is -1.17. The molecule has 0 spiro atoms. The molecular formula is C13H12N2O4S2. The standard InChI is InChI=1S/C13H12N2O4S2/c1-9-2-7-15-12-11(8-20(16,17)13(9)12)21(18,19)10-3-5-14-6-4-10/h2-7,11H,8H2,1H3. The number of nitrogens with zero attached hydrogens (tertiary/aromatic N) is 2. The van der Waals surface area contributed by atoms with Crippen molar-refractivity contribution in [1.82, 2.24) is 9.97 Å². The number of aryl methyl sites for hydroxylation is 1. The Morgan fingerprint density at radius 1 is 1.14 bits per heavy atom. The van der Waals surface area contributed by atoms with E-state index in [0.717, 1.165) is 0 Å². The molecule has 0 amide bonds. The van der Waals surface area contributed by atoms with Gasteiger partial charge >= 0.3 is 0 Å². The Kier molecular flexibility index (Phi) is 3.10. The van der Waals surface area contributed by atoms with E-state index in [9.17, 15) is 16.8 Å². The average molecular weight is 324 g/mol. The smallest absolute Gasteiger partial charge is 0.188 e. The van der Waals surface area contributed by atoms with Crippen LogP contribution in [0.1, 0.15) is 16.5 Å². The first-order valence-electron chi connectivity index (χ1n) is 6.16. The van der Waals surface area contributed by atoms with E-state index in [1.54, 1.807) is 13.0 Å². The highest BCUT2D eigenvalue weighted by atomic mass is 32.2. The number of pyridine rings is 2. The summed E-state index contributed by atoms with van der Waals surface area (Å²) in [6.45, 7) is 1.64. The summed E-state index contributed by atoms with van der Waals surface area (Å²) in [6, 6.07) is 4.28. The van der Waals surface area contributed by atoms with Crippen molar-refractivity contribution in [3.63, 3.8) is 0 Å². The minimum atomic E-state index is -3.82. The van der Waals surface area contributed by atoms with Crippen molar-refractivity contribution >= 4 is 19.7 Å². The lowest BCUT2D eigenvalue weighted by molar-refractivity contribution is 0.581. The van der Waals surface area contributed by atoms with Crippen molar-refractivity contribution in [2.45, 2.75) is 22.0 Å². The van der Waals surface area contributed by atoms with Gasteiger partial charge in [-0.2, -0.15) is 0 Å². The van der Waals surface area contributed by atoms with E-state index < -0.39 is 30.7 Å². The van der Waals surface area contributed by atoms with Gasteiger partial charge in [0, 0.05) is 18.6 Å². The van der Waals surface area contributed by atoms with Crippen LogP contribution in [-0.2, 0) is 19.7 Å². The normalized spacial score (nSPS) is 20.1. The van der Waals surface area contributed by atoms with Gasteiger partial charge in [-0.25, -0.2) is 16.8 Å². The van der Waals surface area contributed by atoms with Crippen molar-refractivity contribution in [3.05, 3.63) is 48.0 Å². The summed E-state index contributed by atoms with van der Waals surface area (Å²) in [4.78, 5) is 7.89. The number of hydrogen-bond acceptors (Lipinski definition) is 6. The Bertz CT molecular complexity index is 906. The Balaban J connectivity index is 2.23. The van der Waals surface area contributed by atoms with Gasteiger partial charge in [-0.05, 0) is 30.7 Å². The van der Waals surface area contributed by atoms with Crippen LogP contribution in [0.25, 0.3) is 0 Å². The van der Waals surface area contributed by atoms with Gasteiger partial charge in [0.1, 0.15) is 5.25 Å². The van der Waals surface area contributed by atoms with Crippen LogP contribution in [0, 0.1) is 6.92 Å². The Hall–Kier alpha value is -1.80. The van der Waals surface area contributed by atoms with Crippen LogP contribution in [0.3, 0.4) is 0 Å². The predicted octanol–water partition coefficient (Wildman–Crippen LogP) is 1.09. The number of rotatable bonds is 2. The third kappa shape index (κ3) is 2.14. The first-order chi connectivity index (χ1) is 9.84. The van der Waals surface area contributed by atoms with Gasteiger partial charge in [0.05, 0.1) is 21.2 Å². The lowest BCUT2D eigenvalue weighted by atomic mass is 10.2. The average Bonchev–Trinajstić information content (AvgIpc) is 2.73. The zero-order chi connectivity index (χ0) is 15.3. The van der Waals surface area contributed by atoms with Gasteiger partial charge in [0.15, 0.2) is 19.7 Å². The van der Waals surface area contributed by atoms with Crippen molar-refractivity contribution in [2.75, 3.05) is 5.75 Å². The quantitative estimate of drug-likeness (QED) is 0.820. The van der Waals surface area contributed by atoms with Gasteiger partial charge in [-0.1, -0.05) is 0 Å². The lowest BCUT2D eigenvalue weighted by Gasteiger charge is -2.10. The van der Waals surface area contributed by atoms with Crippen molar-refractivity contribution in [1.29, 1.82) is 0 Å². The molecule has 2 aromatic rings. The fraction of sp³-hybridized carbons (Fsp3) is 0.231. The zero-order valence-corrected chi connectivity index (χ0v) is 12.7. The molecule has 8 heteroatoms. The lowest BCUT2D eigenvalue weighted by Crippen LogP contribution is -2.16. The van der Waals surface area contributed by atoms with Crippen molar-refractivity contribution in [2.24, 2.45) is 0 Å². The molecular weight excluding hydrogens is 312 g/mol. The van der Waals surface area contributed by atoms with E-state index in [4.69, 9.17) is 0 Å². The summed E-state index contributed by atoms with van der Waals surface area (Å²) in [5.41, 5.74) is 0.638. The maximum absolute atomic E-state index is 12.7. The molecule has 3 heterocycles. The molecule has 0 radical (unpaired) electrons. The Morgan fingerprint density at radius 3 is 2.48 bits per heavy atom. The van der Waals surface area contributed by atoms with Crippen LogP contribution in [-0.4, -0.2) is 32.6 Å². The molecule has 3 rings (SSSR count). The molecule has 110 valence electrons. The molecule has 0 saturated heterocycles. The fourth-order valence-electron chi connectivity index (χ4n) is 2.49. The molecule has 21 heavy (non-hydrogen) atoms. The van der Waals surface area contributed by atoms with E-state index in [2.05, 4.69) is 9.97 Å². The number of fused-ring (bicyclic) bond motifs is 1. The highest BCUT2D eigenvalue weighted by molar-refractivity contribution is 7.96. The number of aromatic nitrogens is 2. The molecule has 2 aromatic heterocycles. The number of sulfone groups is 2. The maximum Gasteiger partial charge on any atom is 0.188 e. The van der Waals surface area contributed by atoms with E-state index in [-0.39, 0.29) is 15.5 Å². The molecule has 0 fully saturated rings. The van der Waals surface area contributed by atoms with Gasteiger partial charge in [-0.15, -0.1) is 0 Å². The highest BCUT2D eigenvalue weighted by Crippen LogP contribution is 2.40. The fourth-order valence-corrected chi connectivity index (χ4v) is 6.92. The second kappa shape index (κ2) is 4.60. The predicted molar refractivity (Wildman–Crippen MR) is 75.2 cm³/mol. The monoisotopic (exact) mass is 324 g/mol. The van der Waals surface area contributed by atoms with E-state index in [1.807, 2.05) is 0 Å². The summed E-state index contributed by atoms with van der Waals surface area (Å²) in [7, 11) is -7.46. The second-order valence-electron chi connectivity index (χ2n) is 4.84. The van der Waals surface area contributed by atoms with Crippen LogP contribution in [0.2, 0.25) is 0 Å². The largest absolute Gasteiger partial charge is 0.265 e. The summed E-state index contributed by atoms with van der Waals surface area (Å²) in [6.07, 6.45) is 4.16. The topological polar surface area (TPSA) is 94.1 Å². The van der Waals surface area contributed by atoms with Crippen LogP contribution in [0.4, 0.5) is 0 Å².